The number of nitrogens with zero attached hydrogens (tertiary/aromatic N) is 1. The molecule has 20 heavy (non-hydrogen) atoms. The molecule has 1 aromatic rings. The van der Waals surface area contributed by atoms with E-state index in [-0.39, 0.29) is 0 Å². The number of hydrogen-bond donors (Lipinski definition) is 1. The fraction of sp³-hybridized carbons (Fsp3) is 0.667. The van der Waals surface area contributed by atoms with E-state index in [9.17, 15) is 0 Å². The van der Waals surface area contributed by atoms with Gasteiger partial charge in [-0.2, -0.15) is 0 Å². The van der Waals surface area contributed by atoms with Crippen molar-refractivity contribution in [3.63, 3.8) is 0 Å². The first-order valence-electron chi connectivity index (χ1n) is 7.88. The zero-order valence-electron chi connectivity index (χ0n) is 14.1. The molecular weight excluding hydrogens is 244 g/mol. The maximum atomic E-state index is 3.48. The molecule has 0 aromatic heterocycles. The minimum atomic E-state index is 0.421. The van der Waals surface area contributed by atoms with Crippen molar-refractivity contribution in [1.82, 2.24) is 10.2 Å². The molecule has 1 N–H and O–H groups in total. The molecule has 0 amide bonds. The number of hydrogen-bond acceptors (Lipinski definition) is 2. The van der Waals surface area contributed by atoms with Crippen LogP contribution in [0.1, 0.15) is 45.7 Å². The third-order valence-electron chi connectivity index (χ3n) is 4.18. The molecule has 2 nitrogen and oxygen atoms in total. The summed E-state index contributed by atoms with van der Waals surface area (Å²) in [6.45, 7) is 10.4. The van der Waals surface area contributed by atoms with Crippen LogP contribution in [0.2, 0.25) is 0 Å². The highest BCUT2D eigenvalue weighted by molar-refractivity contribution is 5.19. The van der Waals surface area contributed by atoms with Crippen LogP contribution in [-0.2, 0) is 0 Å². The van der Waals surface area contributed by atoms with Gasteiger partial charge in [0, 0.05) is 18.6 Å². The molecule has 0 saturated carbocycles. The van der Waals surface area contributed by atoms with Crippen molar-refractivity contribution in [2.75, 3.05) is 20.6 Å². The Bertz CT molecular complexity index is 361. The van der Waals surface area contributed by atoms with Crippen molar-refractivity contribution in [3.8, 4) is 0 Å². The average molecular weight is 276 g/mol. The Kier molecular flexibility index (Phi) is 7.25. The van der Waals surface area contributed by atoms with Gasteiger partial charge in [-0.1, -0.05) is 51.1 Å². The van der Waals surface area contributed by atoms with Gasteiger partial charge in [0.25, 0.3) is 0 Å². The molecule has 0 radical (unpaired) electrons. The van der Waals surface area contributed by atoms with Crippen LogP contribution in [0.15, 0.2) is 30.3 Å². The van der Waals surface area contributed by atoms with Crippen molar-refractivity contribution in [2.45, 2.75) is 46.2 Å². The predicted octanol–water partition coefficient (Wildman–Crippen LogP) is 3.95. The molecule has 1 aromatic carbocycles. The third-order valence-corrected chi connectivity index (χ3v) is 4.18. The van der Waals surface area contributed by atoms with Crippen molar-refractivity contribution in [3.05, 3.63) is 35.9 Å². The van der Waals surface area contributed by atoms with Gasteiger partial charge in [0.2, 0.25) is 0 Å². The Morgan fingerprint density at radius 3 is 2.15 bits per heavy atom. The van der Waals surface area contributed by atoms with Crippen LogP contribution < -0.4 is 5.32 Å². The first-order valence-corrected chi connectivity index (χ1v) is 7.88. The maximum absolute atomic E-state index is 3.48. The SMILES string of the molecule is CNC(c1ccccc1)C(C)CN(C)C(C)CC(C)C. The molecule has 0 aliphatic carbocycles. The smallest absolute Gasteiger partial charge is 0.0355 e. The maximum Gasteiger partial charge on any atom is 0.0355 e. The molecule has 0 saturated heterocycles. The Morgan fingerprint density at radius 2 is 1.65 bits per heavy atom. The van der Waals surface area contributed by atoms with Crippen LogP contribution in [0.4, 0.5) is 0 Å². The van der Waals surface area contributed by atoms with E-state index >= 15 is 0 Å². The zero-order valence-corrected chi connectivity index (χ0v) is 14.1. The van der Waals surface area contributed by atoms with Gasteiger partial charge >= 0.3 is 0 Å². The van der Waals surface area contributed by atoms with Gasteiger partial charge in [0.1, 0.15) is 0 Å². The van der Waals surface area contributed by atoms with E-state index in [1.54, 1.807) is 0 Å². The van der Waals surface area contributed by atoms with Crippen molar-refractivity contribution >= 4 is 0 Å². The highest BCUT2D eigenvalue weighted by Crippen LogP contribution is 2.23. The largest absolute Gasteiger partial charge is 0.313 e. The molecule has 0 aliphatic heterocycles. The van der Waals surface area contributed by atoms with E-state index < -0.39 is 0 Å². The van der Waals surface area contributed by atoms with Crippen molar-refractivity contribution in [1.29, 1.82) is 0 Å². The fourth-order valence-corrected chi connectivity index (χ4v) is 3.04. The topological polar surface area (TPSA) is 15.3 Å². The summed E-state index contributed by atoms with van der Waals surface area (Å²) in [5, 5.41) is 3.48. The Balaban J connectivity index is 2.61. The normalized spacial score (nSPS) is 16.4. The molecule has 1 rings (SSSR count). The summed E-state index contributed by atoms with van der Waals surface area (Å²) in [7, 11) is 4.31. The minimum absolute atomic E-state index is 0.421. The molecular formula is C18H32N2. The van der Waals surface area contributed by atoms with Crippen LogP contribution in [0.3, 0.4) is 0 Å². The average Bonchev–Trinajstić information content (AvgIpc) is 2.39. The lowest BCUT2D eigenvalue weighted by Gasteiger charge is -2.32. The number of nitrogens with one attached hydrogen (secondary N) is 1. The second kappa shape index (κ2) is 8.43. The van der Waals surface area contributed by atoms with Gasteiger partial charge in [-0.3, -0.25) is 0 Å². The van der Waals surface area contributed by atoms with Gasteiger partial charge in [-0.15, -0.1) is 0 Å². The van der Waals surface area contributed by atoms with Gasteiger partial charge < -0.3 is 10.2 Å². The lowest BCUT2D eigenvalue weighted by molar-refractivity contribution is 0.184. The van der Waals surface area contributed by atoms with E-state index in [1.807, 2.05) is 0 Å². The minimum Gasteiger partial charge on any atom is -0.313 e. The first kappa shape index (κ1) is 17.2. The molecule has 2 heteroatoms. The van der Waals surface area contributed by atoms with Crippen molar-refractivity contribution < 1.29 is 0 Å². The van der Waals surface area contributed by atoms with Crippen LogP contribution in [0, 0.1) is 11.8 Å². The van der Waals surface area contributed by atoms with Gasteiger partial charge in [0.05, 0.1) is 0 Å². The lowest BCUT2D eigenvalue weighted by Crippen LogP contribution is -2.37. The van der Waals surface area contributed by atoms with E-state index in [1.165, 1.54) is 12.0 Å². The monoisotopic (exact) mass is 276 g/mol. The van der Waals surface area contributed by atoms with E-state index in [4.69, 9.17) is 0 Å². The third kappa shape index (κ3) is 5.26. The summed E-state index contributed by atoms with van der Waals surface area (Å²) in [5.74, 6) is 1.35. The highest BCUT2D eigenvalue weighted by atomic mass is 15.1. The Hall–Kier alpha value is -0.860. The van der Waals surface area contributed by atoms with Crippen molar-refractivity contribution in [2.24, 2.45) is 11.8 Å². The summed E-state index contributed by atoms with van der Waals surface area (Å²) in [6, 6.07) is 11.8. The second-order valence-electron chi connectivity index (χ2n) is 6.57. The summed E-state index contributed by atoms with van der Waals surface area (Å²) in [4.78, 5) is 2.50. The first-order chi connectivity index (χ1) is 9.45. The Morgan fingerprint density at radius 1 is 1.05 bits per heavy atom. The standard InChI is InChI=1S/C18H32N2/c1-14(2)12-16(4)20(6)13-15(3)18(19-5)17-10-8-7-9-11-17/h7-11,14-16,18-19H,12-13H2,1-6H3. The van der Waals surface area contributed by atoms with Crippen LogP contribution >= 0.6 is 0 Å². The molecule has 114 valence electrons. The summed E-state index contributed by atoms with van der Waals surface area (Å²) in [6.07, 6.45) is 1.26. The number of benzene rings is 1. The lowest BCUT2D eigenvalue weighted by atomic mass is 9.93. The van der Waals surface area contributed by atoms with Crippen LogP contribution in [0.25, 0.3) is 0 Å². The summed E-state index contributed by atoms with van der Waals surface area (Å²) in [5.41, 5.74) is 1.38. The van der Waals surface area contributed by atoms with Crippen LogP contribution in [0.5, 0.6) is 0 Å². The van der Waals surface area contributed by atoms with Gasteiger partial charge in [0.15, 0.2) is 0 Å². The molecule has 0 aliphatic rings. The highest BCUT2D eigenvalue weighted by Gasteiger charge is 2.21. The summed E-state index contributed by atoms with van der Waals surface area (Å²) >= 11 is 0. The fourth-order valence-electron chi connectivity index (χ4n) is 3.04. The Labute approximate surface area is 125 Å². The van der Waals surface area contributed by atoms with Crippen LogP contribution in [-0.4, -0.2) is 31.6 Å². The molecule has 0 fully saturated rings. The van der Waals surface area contributed by atoms with E-state index in [0.29, 0.717) is 18.0 Å². The quantitative estimate of drug-likeness (QED) is 0.773. The van der Waals surface area contributed by atoms with Gasteiger partial charge in [-0.25, -0.2) is 0 Å². The molecule has 0 spiro atoms. The van der Waals surface area contributed by atoms with E-state index in [2.05, 4.69) is 82.3 Å². The molecule has 0 heterocycles. The predicted molar refractivity (Wildman–Crippen MR) is 89.0 cm³/mol. The molecule has 0 bridgehead atoms. The second-order valence-corrected chi connectivity index (χ2v) is 6.57. The number of rotatable bonds is 8. The van der Waals surface area contributed by atoms with Gasteiger partial charge in [-0.05, 0) is 44.8 Å². The van der Waals surface area contributed by atoms with E-state index in [0.717, 1.165) is 12.5 Å². The summed E-state index contributed by atoms with van der Waals surface area (Å²) < 4.78 is 0. The molecule has 3 unspecified atom stereocenters. The molecule has 3 atom stereocenters. The zero-order chi connectivity index (χ0) is 15.1.